The van der Waals surface area contributed by atoms with Crippen molar-refractivity contribution in [2.24, 2.45) is 0 Å². The molecule has 10 nitrogen and oxygen atoms in total. The molecule has 3 aromatic rings. The summed E-state index contributed by atoms with van der Waals surface area (Å²) in [5.74, 6) is -0.387. The monoisotopic (exact) mass is 555 g/mol. The summed E-state index contributed by atoms with van der Waals surface area (Å²) in [5, 5.41) is 58.2. The van der Waals surface area contributed by atoms with Crippen molar-refractivity contribution in [1.82, 2.24) is 5.32 Å². The molecule has 1 aliphatic heterocycles. The Morgan fingerprint density at radius 2 is 1.77 bits per heavy atom. The van der Waals surface area contributed by atoms with Gasteiger partial charge in [0.25, 0.3) is 0 Å². The number of ether oxygens (including phenoxy) is 3. The second kappa shape index (κ2) is 12.5. The van der Waals surface area contributed by atoms with Crippen molar-refractivity contribution in [3.8, 4) is 17.2 Å². The highest BCUT2D eigenvalue weighted by atomic mass is 16.7. The zero-order chi connectivity index (χ0) is 29.1. The van der Waals surface area contributed by atoms with Crippen LogP contribution >= 0.6 is 0 Å². The summed E-state index contributed by atoms with van der Waals surface area (Å²) in [6, 6.07) is 14.4. The minimum absolute atomic E-state index is 0.0209. The predicted molar refractivity (Wildman–Crippen MR) is 148 cm³/mol. The van der Waals surface area contributed by atoms with E-state index < -0.39 is 36.8 Å². The number of aromatic hydroxyl groups is 1. The van der Waals surface area contributed by atoms with E-state index in [2.05, 4.69) is 5.32 Å². The fourth-order valence-electron chi connectivity index (χ4n) is 5.40. The number of aliphatic hydroxyl groups is 4. The van der Waals surface area contributed by atoms with Crippen LogP contribution in [0.2, 0.25) is 0 Å². The first-order valence-corrected chi connectivity index (χ1v) is 13.2. The molecular weight excluding hydrogens is 518 g/mol. The van der Waals surface area contributed by atoms with Crippen LogP contribution in [0.15, 0.2) is 48.5 Å². The molecule has 40 heavy (non-hydrogen) atoms. The molecule has 7 atom stereocenters. The second-order valence-electron chi connectivity index (χ2n) is 10.2. The minimum atomic E-state index is -1.70. The number of Topliss-reactive ketones (excluding diaryl/α,β-unsaturated/α-hetero) is 1. The van der Waals surface area contributed by atoms with Crippen LogP contribution in [0.4, 0.5) is 0 Å². The second-order valence-corrected chi connectivity index (χ2v) is 10.2. The zero-order valence-corrected chi connectivity index (χ0v) is 22.9. The molecule has 0 spiro atoms. The number of nitrogens with one attached hydrogen (secondary N) is 1. The zero-order valence-electron chi connectivity index (χ0n) is 22.9. The van der Waals surface area contributed by atoms with Crippen molar-refractivity contribution in [2.45, 2.75) is 63.0 Å². The normalized spacial score (nSPS) is 24.4. The van der Waals surface area contributed by atoms with E-state index in [0.717, 1.165) is 5.56 Å². The van der Waals surface area contributed by atoms with Gasteiger partial charge in [0.15, 0.2) is 5.78 Å². The number of phenols is 1. The van der Waals surface area contributed by atoms with Gasteiger partial charge in [0, 0.05) is 12.6 Å². The maximum absolute atomic E-state index is 12.3. The fourth-order valence-corrected chi connectivity index (χ4v) is 5.40. The number of aliphatic hydroxyl groups excluding tert-OH is 4. The number of fused-ring (bicyclic) bond motifs is 1. The van der Waals surface area contributed by atoms with E-state index in [1.165, 1.54) is 20.1 Å². The number of hydrogen-bond acceptors (Lipinski definition) is 10. The molecule has 0 saturated carbocycles. The summed E-state index contributed by atoms with van der Waals surface area (Å²) in [4.78, 5) is 12.3. The summed E-state index contributed by atoms with van der Waals surface area (Å²) >= 11 is 0. The number of phenolic OH excluding ortho intramolecular Hbond substituents is 1. The highest BCUT2D eigenvalue weighted by molar-refractivity contribution is 6.07. The van der Waals surface area contributed by atoms with Crippen molar-refractivity contribution in [3.05, 3.63) is 65.2 Å². The van der Waals surface area contributed by atoms with Crippen molar-refractivity contribution >= 4 is 16.6 Å². The number of ketones is 1. The molecule has 4 rings (SSSR count). The third kappa shape index (κ3) is 5.92. The Hall–Kier alpha value is -3.25. The molecule has 0 aliphatic carbocycles. The van der Waals surface area contributed by atoms with Gasteiger partial charge < -0.3 is 45.1 Å². The maximum Gasteiger partial charge on any atom is 0.229 e. The molecule has 6 N–H and O–H groups in total. The quantitative estimate of drug-likeness (QED) is 0.204. The van der Waals surface area contributed by atoms with E-state index in [1.807, 2.05) is 30.3 Å². The Bertz CT molecular complexity index is 1330. The Kier molecular flexibility index (Phi) is 9.29. The van der Waals surface area contributed by atoms with Gasteiger partial charge in [-0.3, -0.25) is 4.79 Å². The molecule has 1 saturated heterocycles. The molecule has 216 valence electrons. The third-order valence-corrected chi connectivity index (χ3v) is 7.41. The predicted octanol–water partition coefficient (Wildman–Crippen LogP) is 2.01. The standard InChI is InChI=1S/C30H37NO9/c1-15-10-18-11-20(38-4)13-22(24(18)25(34)23(15)16(2)32)39-30-28(37)26(35)27(36)29(40-30)21(33)12-19(14-31-3)17-8-6-5-7-9-17/h5-11,13,19,21,26-31,33-37H,12,14H2,1-4H3/t19-,21-,26-,27-,28+,29+,30-/m0/s1. The first-order valence-electron chi connectivity index (χ1n) is 13.2. The van der Waals surface area contributed by atoms with Crippen LogP contribution in [-0.4, -0.2) is 88.8 Å². The smallest absolute Gasteiger partial charge is 0.229 e. The van der Waals surface area contributed by atoms with Crippen LogP contribution in [0.1, 0.15) is 40.7 Å². The largest absolute Gasteiger partial charge is 0.506 e. The molecule has 1 aliphatic rings. The highest BCUT2D eigenvalue weighted by Crippen LogP contribution is 2.42. The van der Waals surface area contributed by atoms with Gasteiger partial charge in [-0.2, -0.15) is 0 Å². The molecule has 0 unspecified atom stereocenters. The van der Waals surface area contributed by atoms with Gasteiger partial charge in [-0.15, -0.1) is 0 Å². The molecule has 0 bridgehead atoms. The lowest BCUT2D eigenvalue weighted by Crippen LogP contribution is -2.62. The van der Waals surface area contributed by atoms with E-state index in [-0.39, 0.29) is 40.6 Å². The van der Waals surface area contributed by atoms with Gasteiger partial charge in [-0.25, -0.2) is 0 Å². The van der Waals surface area contributed by atoms with Crippen LogP contribution in [0, 0.1) is 6.92 Å². The molecular formula is C30H37NO9. The molecule has 1 heterocycles. The van der Waals surface area contributed by atoms with Crippen molar-refractivity contribution in [2.75, 3.05) is 20.7 Å². The summed E-state index contributed by atoms with van der Waals surface area (Å²) < 4.78 is 17.3. The Morgan fingerprint density at radius 3 is 2.40 bits per heavy atom. The summed E-state index contributed by atoms with van der Waals surface area (Å²) in [6.07, 6.45) is -8.87. The fraction of sp³-hybridized carbons (Fsp3) is 0.433. The molecule has 1 fully saturated rings. The Morgan fingerprint density at radius 1 is 1.07 bits per heavy atom. The van der Waals surface area contributed by atoms with Crippen LogP contribution in [0.5, 0.6) is 17.2 Å². The van der Waals surface area contributed by atoms with Gasteiger partial charge in [-0.05, 0) is 55.8 Å². The topological polar surface area (TPSA) is 158 Å². The van der Waals surface area contributed by atoms with E-state index in [9.17, 15) is 30.3 Å². The number of likely N-dealkylation sites (N-methyl/N-ethyl adjacent to an activating group) is 1. The van der Waals surface area contributed by atoms with E-state index in [1.54, 1.807) is 26.1 Å². The van der Waals surface area contributed by atoms with E-state index in [0.29, 0.717) is 23.2 Å². The van der Waals surface area contributed by atoms with Gasteiger partial charge in [-0.1, -0.05) is 36.4 Å². The number of carbonyl (C=O) groups excluding carboxylic acids is 1. The van der Waals surface area contributed by atoms with E-state index in [4.69, 9.17) is 14.2 Å². The highest BCUT2D eigenvalue weighted by Gasteiger charge is 2.48. The Balaban J connectivity index is 1.67. The number of methoxy groups -OCH3 is 1. The van der Waals surface area contributed by atoms with Crippen molar-refractivity contribution in [3.63, 3.8) is 0 Å². The molecule has 3 aromatic carbocycles. The molecule has 0 amide bonds. The Labute approximate surface area is 232 Å². The van der Waals surface area contributed by atoms with Gasteiger partial charge in [0.1, 0.15) is 41.7 Å². The van der Waals surface area contributed by atoms with Crippen LogP contribution in [0.3, 0.4) is 0 Å². The third-order valence-electron chi connectivity index (χ3n) is 7.41. The lowest BCUT2D eigenvalue weighted by atomic mass is 9.87. The number of aryl methyl sites for hydroxylation is 1. The van der Waals surface area contributed by atoms with Gasteiger partial charge >= 0.3 is 0 Å². The average molecular weight is 556 g/mol. The van der Waals surface area contributed by atoms with Crippen LogP contribution in [0.25, 0.3) is 10.8 Å². The van der Waals surface area contributed by atoms with E-state index >= 15 is 0 Å². The SMILES string of the molecule is CNC[C@H](C[C@H](O)[C@H]1O[C@H](Oc2cc(OC)cc3cc(C)c(C(C)=O)c(O)c23)[C@H](O)[C@@H](O)[C@@H]1O)c1ccccc1. The average Bonchev–Trinajstić information content (AvgIpc) is 2.92. The lowest BCUT2D eigenvalue weighted by molar-refractivity contribution is -0.288. The van der Waals surface area contributed by atoms with Gasteiger partial charge in [0.05, 0.1) is 24.2 Å². The molecule has 0 aromatic heterocycles. The number of carbonyl (C=O) groups is 1. The molecule has 10 heteroatoms. The summed E-state index contributed by atoms with van der Waals surface area (Å²) in [5.41, 5.74) is 1.65. The minimum Gasteiger partial charge on any atom is -0.506 e. The molecule has 0 radical (unpaired) electrons. The summed E-state index contributed by atoms with van der Waals surface area (Å²) in [7, 11) is 3.25. The lowest BCUT2D eigenvalue weighted by Gasteiger charge is -2.42. The summed E-state index contributed by atoms with van der Waals surface area (Å²) in [6.45, 7) is 3.58. The first kappa shape index (κ1) is 29.7. The van der Waals surface area contributed by atoms with Crippen LogP contribution in [-0.2, 0) is 4.74 Å². The first-order chi connectivity index (χ1) is 19.1. The van der Waals surface area contributed by atoms with Crippen LogP contribution < -0.4 is 14.8 Å². The maximum atomic E-state index is 12.3. The van der Waals surface area contributed by atoms with Gasteiger partial charge in [0.2, 0.25) is 6.29 Å². The van der Waals surface area contributed by atoms with Crippen molar-refractivity contribution in [1.29, 1.82) is 0 Å². The number of benzene rings is 3. The number of rotatable bonds is 10. The number of hydrogen-bond donors (Lipinski definition) is 6. The van der Waals surface area contributed by atoms with Crippen molar-refractivity contribution < 1.29 is 44.5 Å².